The van der Waals surface area contributed by atoms with Gasteiger partial charge in [0.05, 0.1) is 12.1 Å². The van der Waals surface area contributed by atoms with Crippen LogP contribution >= 0.6 is 11.3 Å². The van der Waals surface area contributed by atoms with Gasteiger partial charge in [-0.15, -0.1) is 11.3 Å². The largest absolute Gasteiger partial charge is 0.468 e. The Balaban J connectivity index is 2.37. The van der Waals surface area contributed by atoms with Gasteiger partial charge in [-0.2, -0.15) is 0 Å². The molecule has 0 radical (unpaired) electrons. The van der Waals surface area contributed by atoms with E-state index in [-0.39, 0.29) is 12.0 Å². The van der Waals surface area contributed by atoms with Crippen LogP contribution in [0.25, 0.3) is 0 Å². The number of nitrogens with one attached hydrogen (secondary N) is 1. The molecule has 1 atom stereocenters. The van der Waals surface area contributed by atoms with Gasteiger partial charge in [-0.3, -0.25) is 10.1 Å². The number of hydrogen-bond acceptors (Lipinski definition) is 5. The molecule has 4 nitrogen and oxygen atoms in total. The number of carbonyl (C=O) groups is 1. The van der Waals surface area contributed by atoms with Gasteiger partial charge in [0, 0.05) is 17.6 Å². The smallest absolute Gasteiger partial charge is 0.322 e. The first-order chi connectivity index (χ1) is 6.63. The molecule has 1 N–H and O–H groups in total. The first-order valence-corrected chi connectivity index (χ1v) is 5.17. The standard InChI is InChI=1S/C9H14N2O2S/c1-6(9(12)13-3)10-4-8-5-11-7(2)14-8/h5-6,10H,4H2,1-3H3. The number of nitrogens with zero attached hydrogens (tertiary/aromatic N) is 1. The third-order valence-electron chi connectivity index (χ3n) is 1.81. The van der Waals surface area contributed by atoms with Crippen molar-refractivity contribution in [1.29, 1.82) is 0 Å². The molecule has 0 aliphatic heterocycles. The van der Waals surface area contributed by atoms with Crippen molar-refractivity contribution >= 4 is 17.3 Å². The number of hydrogen-bond donors (Lipinski definition) is 1. The van der Waals surface area contributed by atoms with Gasteiger partial charge in [-0.25, -0.2) is 4.98 Å². The molecule has 0 saturated carbocycles. The van der Waals surface area contributed by atoms with Crippen molar-refractivity contribution in [2.75, 3.05) is 7.11 Å². The molecular formula is C9H14N2O2S. The summed E-state index contributed by atoms with van der Waals surface area (Å²) >= 11 is 1.62. The lowest BCUT2D eigenvalue weighted by Crippen LogP contribution is -2.34. The second-order valence-corrected chi connectivity index (χ2v) is 4.29. The van der Waals surface area contributed by atoms with E-state index in [4.69, 9.17) is 0 Å². The maximum Gasteiger partial charge on any atom is 0.322 e. The molecule has 14 heavy (non-hydrogen) atoms. The normalized spacial score (nSPS) is 12.5. The number of thiazole rings is 1. The Morgan fingerprint density at radius 2 is 2.50 bits per heavy atom. The van der Waals surface area contributed by atoms with Crippen molar-refractivity contribution < 1.29 is 9.53 Å². The fraction of sp³-hybridized carbons (Fsp3) is 0.556. The summed E-state index contributed by atoms with van der Waals surface area (Å²) in [6.45, 7) is 4.39. The van der Waals surface area contributed by atoms with Crippen molar-refractivity contribution in [2.24, 2.45) is 0 Å². The van der Waals surface area contributed by atoms with Crippen LogP contribution in [-0.2, 0) is 16.1 Å². The first-order valence-electron chi connectivity index (χ1n) is 4.36. The van der Waals surface area contributed by atoms with Crippen LogP contribution in [0.5, 0.6) is 0 Å². The zero-order valence-electron chi connectivity index (χ0n) is 8.53. The molecule has 1 unspecified atom stereocenters. The van der Waals surface area contributed by atoms with E-state index < -0.39 is 0 Å². The van der Waals surface area contributed by atoms with Crippen LogP contribution in [0.1, 0.15) is 16.8 Å². The molecule has 5 heteroatoms. The minimum atomic E-state index is -0.276. The van der Waals surface area contributed by atoms with E-state index in [2.05, 4.69) is 15.0 Å². The maximum atomic E-state index is 11.0. The van der Waals surface area contributed by atoms with Gasteiger partial charge in [0.2, 0.25) is 0 Å². The number of carbonyl (C=O) groups excluding carboxylic acids is 1. The summed E-state index contributed by atoms with van der Waals surface area (Å²) in [6.07, 6.45) is 1.82. The average Bonchev–Trinajstić information content (AvgIpc) is 2.59. The number of aromatic nitrogens is 1. The fourth-order valence-electron chi connectivity index (χ4n) is 1.00. The third kappa shape index (κ3) is 3.08. The molecule has 0 saturated heterocycles. The van der Waals surface area contributed by atoms with Crippen LogP contribution in [0.3, 0.4) is 0 Å². The Morgan fingerprint density at radius 1 is 1.79 bits per heavy atom. The average molecular weight is 214 g/mol. The van der Waals surface area contributed by atoms with Crippen molar-refractivity contribution in [2.45, 2.75) is 26.4 Å². The van der Waals surface area contributed by atoms with E-state index >= 15 is 0 Å². The van der Waals surface area contributed by atoms with E-state index in [0.717, 1.165) is 9.88 Å². The van der Waals surface area contributed by atoms with Gasteiger partial charge in [0.1, 0.15) is 6.04 Å². The molecule has 1 rings (SSSR count). The van der Waals surface area contributed by atoms with Gasteiger partial charge >= 0.3 is 5.97 Å². The number of ether oxygens (including phenoxy) is 1. The van der Waals surface area contributed by atoms with Crippen LogP contribution in [0.4, 0.5) is 0 Å². The summed E-state index contributed by atoms with van der Waals surface area (Å²) in [4.78, 5) is 16.3. The van der Waals surface area contributed by atoms with Crippen molar-refractivity contribution in [3.05, 3.63) is 16.1 Å². The molecule has 0 spiro atoms. The lowest BCUT2D eigenvalue weighted by molar-refractivity contribution is -0.142. The second kappa shape index (κ2) is 5.07. The lowest BCUT2D eigenvalue weighted by Gasteiger charge is -2.09. The topological polar surface area (TPSA) is 51.2 Å². The highest BCUT2D eigenvalue weighted by atomic mass is 32.1. The number of aryl methyl sites for hydroxylation is 1. The molecule has 0 amide bonds. The Bertz CT molecular complexity index is 312. The molecule has 1 heterocycles. The van der Waals surface area contributed by atoms with Crippen LogP contribution in [-0.4, -0.2) is 24.1 Å². The second-order valence-electron chi connectivity index (χ2n) is 2.97. The Morgan fingerprint density at radius 3 is 3.00 bits per heavy atom. The highest BCUT2D eigenvalue weighted by Crippen LogP contribution is 2.10. The molecule has 0 aromatic carbocycles. The minimum absolute atomic E-state index is 0.244. The molecule has 0 fully saturated rings. The van der Waals surface area contributed by atoms with Gasteiger partial charge < -0.3 is 4.74 Å². The summed E-state index contributed by atoms with van der Waals surface area (Å²) in [5.74, 6) is -0.244. The SMILES string of the molecule is COC(=O)C(C)NCc1cnc(C)s1. The monoisotopic (exact) mass is 214 g/mol. The third-order valence-corrected chi connectivity index (χ3v) is 2.72. The number of methoxy groups -OCH3 is 1. The number of rotatable bonds is 4. The van der Waals surface area contributed by atoms with Gasteiger partial charge in [-0.1, -0.05) is 0 Å². The maximum absolute atomic E-state index is 11.0. The highest BCUT2D eigenvalue weighted by Gasteiger charge is 2.11. The summed E-state index contributed by atoms with van der Waals surface area (Å²) in [5.41, 5.74) is 0. The molecule has 1 aromatic heterocycles. The predicted octanol–water partition coefficient (Wildman–Crippen LogP) is 1.10. The van der Waals surface area contributed by atoms with E-state index in [1.165, 1.54) is 7.11 Å². The molecule has 78 valence electrons. The molecule has 1 aromatic rings. The quantitative estimate of drug-likeness (QED) is 0.763. The van der Waals surface area contributed by atoms with Crippen molar-refractivity contribution in [3.63, 3.8) is 0 Å². The fourth-order valence-corrected chi connectivity index (χ4v) is 1.75. The summed E-state index contributed by atoms with van der Waals surface area (Å²) < 4.78 is 4.59. The van der Waals surface area contributed by atoms with Crippen LogP contribution in [0.15, 0.2) is 6.20 Å². The van der Waals surface area contributed by atoms with Crippen molar-refractivity contribution in [3.8, 4) is 0 Å². The van der Waals surface area contributed by atoms with Crippen LogP contribution in [0.2, 0.25) is 0 Å². The zero-order valence-corrected chi connectivity index (χ0v) is 9.35. The summed E-state index contributed by atoms with van der Waals surface area (Å²) in [5, 5.41) is 4.09. The lowest BCUT2D eigenvalue weighted by atomic mass is 10.3. The van der Waals surface area contributed by atoms with Gasteiger partial charge in [0.25, 0.3) is 0 Å². The van der Waals surface area contributed by atoms with Crippen LogP contribution in [0, 0.1) is 6.92 Å². The Kier molecular flexibility index (Phi) is 4.03. The summed E-state index contributed by atoms with van der Waals surface area (Å²) in [7, 11) is 1.39. The van der Waals surface area contributed by atoms with E-state index in [1.54, 1.807) is 18.3 Å². The zero-order chi connectivity index (χ0) is 10.6. The predicted molar refractivity (Wildman–Crippen MR) is 55.2 cm³/mol. The molecule has 0 bridgehead atoms. The Labute approximate surface area is 87.3 Å². The van der Waals surface area contributed by atoms with Crippen molar-refractivity contribution in [1.82, 2.24) is 10.3 Å². The molecule has 0 aliphatic rings. The minimum Gasteiger partial charge on any atom is -0.468 e. The first kappa shape index (κ1) is 11.1. The van der Waals surface area contributed by atoms with E-state index in [1.807, 2.05) is 13.1 Å². The number of esters is 1. The Hall–Kier alpha value is -0.940. The summed E-state index contributed by atoms with van der Waals surface area (Å²) in [6, 6.07) is -0.276. The van der Waals surface area contributed by atoms with Gasteiger partial charge in [-0.05, 0) is 13.8 Å². The van der Waals surface area contributed by atoms with E-state index in [0.29, 0.717) is 6.54 Å². The molecule has 0 aliphatic carbocycles. The molecular weight excluding hydrogens is 200 g/mol. The highest BCUT2D eigenvalue weighted by molar-refractivity contribution is 7.11. The van der Waals surface area contributed by atoms with Gasteiger partial charge in [0.15, 0.2) is 0 Å². The van der Waals surface area contributed by atoms with Crippen LogP contribution < -0.4 is 5.32 Å². The van der Waals surface area contributed by atoms with E-state index in [9.17, 15) is 4.79 Å².